The van der Waals surface area contributed by atoms with Gasteiger partial charge in [0.1, 0.15) is 0 Å². The minimum absolute atomic E-state index is 0.0951. The van der Waals surface area contributed by atoms with Crippen molar-refractivity contribution in [1.82, 2.24) is 9.62 Å². The summed E-state index contributed by atoms with van der Waals surface area (Å²) in [6, 6.07) is 6.34. The van der Waals surface area contributed by atoms with E-state index < -0.39 is 21.5 Å². The van der Waals surface area contributed by atoms with Gasteiger partial charge in [-0.05, 0) is 26.0 Å². The molecular weight excluding hydrogens is 320 g/mol. The molecule has 1 aliphatic rings. The van der Waals surface area contributed by atoms with E-state index in [0.717, 1.165) is 5.56 Å². The highest BCUT2D eigenvalue weighted by Crippen LogP contribution is 2.13. The van der Waals surface area contributed by atoms with Crippen LogP contribution in [0.4, 0.5) is 0 Å². The molecule has 0 aliphatic carbocycles. The number of aliphatic hydroxyl groups is 1. The van der Waals surface area contributed by atoms with Gasteiger partial charge in [-0.1, -0.05) is 17.7 Å². The average Bonchev–Trinajstić information content (AvgIpc) is 2.54. The molecule has 23 heavy (non-hydrogen) atoms. The van der Waals surface area contributed by atoms with Crippen LogP contribution in [0, 0.1) is 6.92 Å². The maximum Gasteiger partial charge on any atom is 0.255 e. The summed E-state index contributed by atoms with van der Waals surface area (Å²) in [5.74, 6) is -0.507. The van der Waals surface area contributed by atoms with Crippen LogP contribution < -0.4 is 4.72 Å². The molecule has 0 spiro atoms. The summed E-state index contributed by atoms with van der Waals surface area (Å²) in [7, 11) is -3.78. The van der Waals surface area contributed by atoms with E-state index >= 15 is 0 Å². The van der Waals surface area contributed by atoms with Crippen LogP contribution in [-0.4, -0.2) is 62.8 Å². The fourth-order valence-corrected chi connectivity index (χ4v) is 3.35. The van der Waals surface area contributed by atoms with Gasteiger partial charge in [-0.3, -0.25) is 4.79 Å². The summed E-state index contributed by atoms with van der Waals surface area (Å²) in [5.41, 5.74) is -0.867. The third-order valence-corrected chi connectivity index (χ3v) is 5.11. The van der Waals surface area contributed by atoms with Gasteiger partial charge in [0.15, 0.2) is 5.60 Å². The lowest BCUT2D eigenvalue weighted by Gasteiger charge is -2.33. The largest absolute Gasteiger partial charge is 0.379 e. The minimum atomic E-state index is -3.78. The molecule has 1 fully saturated rings. The van der Waals surface area contributed by atoms with E-state index in [9.17, 15) is 18.3 Å². The molecule has 0 aromatic heterocycles. The van der Waals surface area contributed by atoms with Crippen LogP contribution in [0.5, 0.6) is 0 Å². The van der Waals surface area contributed by atoms with Crippen LogP contribution >= 0.6 is 0 Å². The number of rotatable bonds is 5. The third kappa shape index (κ3) is 4.51. The number of carbonyl (C=O) groups excluding carboxylic acids is 1. The molecule has 1 amide bonds. The topological polar surface area (TPSA) is 95.9 Å². The molecule has 1 atom stereocenters. The molecule has 2 N–H and O–H groups in total. The Hall–Kier alpha value is -1.48. The highest BCUT2D eigenvalue weighted by Gasteiger charge is 2.36. The number of hydrogen-bond donors (Lipinski definition) is 2. The normalized spacial score (nSPS) is 18.5. The standard InChI is InChI=1S/C15H22N2O5S/c1-12-3-5-13(6-4-12)23(20,21)16-11-15(2,19)14(18)17-7-9-22-10-8-17/h3-6,16,19H,7-11H2,1-2H3. The van der Waals surface area contributed by atoms with E-state index in [1.807, 2.05) is 6.92 Å². The molecule has 0 bridgehead atoms. The van der Waals surface area contributed by atoms with Crippen molar-refractivity contribution in [2.75, 3.05) is 32.8 Å². The molecule has 128 valence electrons. The number of amides is 1. The Morgan fingerprint density at radius 2 is 1.87 bits per heavy atom. The number of morpholine rings is 1. The molecule has 0 radical (unpaired) electrons. The first-order valence-corrected chi connectivity index (χ1v) is 8.86. The molecule has 1 aliphatic heterocycles. The lowest BCUT2D eigenvalue weighted by Crippen LogP contribution is -2.55. The molecule has 1 aromatic rings. The second-order valence-electron chi connectivity index (χ2n) is 5.82. The van der Waals surface area contributed by atoms with Crippen molar-refractivity contribution >= 4 is 15.9 Å². The van der Waals surface area contributed by atoms with Gasteiger partial charge in [0.05, 0.1) is 18.1 Å². The zero-order valence-corrected chi connectivity index (χ0v) is 14.1. The van der Waals surface area contributed by atoms with Crippen molar-refractivity contribution in [2.24, 2.45) is 0 Å². The molecule has 0 saturated carbocycles. The lowest BCUT2D eigenvalue weighted by atomic mass is 10.1. The quantitative estimate of drug-likeness (QED) is 0.778. The van der Waals surface area contributed by atoms with Crippen molar-refractivity contribution in [3.63, 3.8) is 0 Å². The first kappa shape index (κ1) is 17.9. The molecule has 1 heterocycles. The summed E-state index contributed by atoms with van der Waals surface area (Å²) in [6.45, 7) is 4.38. The molecular formula is C15H22N2O5S. The molecule has 1 aromatic carbocycles. The molecule has 1 saturated heterocycles. The minimum Gasteiger partial charge on any atom is -0.379 e. The number of aryl methyl sites for hydroxylation is 1. The van der Waals surface area contributed by atoms with E-state index in [2.05, 4.69) is 4.72 Å². The number of hydrogen-bond acceptors (Lipinski definition) is 5. The highest BCUT2D eigenvalue weighted by molar-refractivity contribution is 7.89. The third-order valence-electron chi connectivity index (χ3n) is 3.70. The molecule has 7 nitrogen and oxygen atoms in total. The number of benzene rings is 1. The summed E-state index contributed by atoms with van der Waals surface area (Å²) in [4.78, 5) is 13.9. The predicted octanol–water partition coefficient (Wildman–Crippen LogP) is -0.117. The summed E-state index contributed by atoms with van der Waals surface area (Å²) >= 11 is 0. The van der Waals surface area contributed by atoms with Gasteiger partial charge < -0.3 is 14.7 Å². The van der Waals surface area contributed by atoms with E-state index in [-0.39, 0.29) is 11.4 Å². The number of ether oxygens (including phenoxy) is 1. The fraction of sp³-hybridized carbons (Fsp3) is 0.533. The summed E-state index contributed by atoms with van der Waals surface area (Å²) < 4.78 is 31.9. The van der Waals surface area contributed by atoms with Crippen molar-refractivity contribution < 1.29 is 23.1 Å². The second-order valence-corrected chi connectivity index (χ2v) is 7.58. The van der Waals surface area contributed by atoms with E-state index in [4.69, 9.17) is 4.74 Å². The zero-order valence-electron chi connectivity index (χ0n) is 13.3. The van der Waals surface area contributed by atoms with Gasteiger partial charge in [-0.2, -0.15) is 0 Å². The smallest absolute Gasteiger partial charge is 0.255 e. The molecule has 1 unspecified atom stereocenters. The van der Waals surface area contributed by atoms with Crippen LogP contribution in [0.3, 0.4) is 0 Å². The van der Waals surface area contributed by atoms with Gasteiger partial charge in [0.2, 0.25) is 10.0 Å². The van der Waals surface area contributed by atoms with E-state index in [1.165, 1.54) is 24.0 Å². The maximum atomic E-state index is 12.3. The van der Waals surface area contributed by atoms with E-state index in [0.29, 0.717) is 26.3 Å². The van der Waals surface area contributed by atoms with Crippen molar-refractivity contribution in [2.45, 2.75) is 24.3 Å². The Balaban J connectivity index is 2.02. The van der Waals surface area contributed by atoms with E-state index in [1.54, 1.807) is 12.1 Å². The van der Waals surface area contributed by atoms with Crippen LogP contribution in [-0.2, 0) is 19.6 Å². The van der Waals surface area contributed by atoms with Gasteiger partial charge in [-0.25, -0.2) is 13.1 Å². The van der Waals surface area contributed by atoms with Crippen LogP contribution in [0.15, 0.2) is 29.2 Å². The second kappa shape index (κ2) is 6.96. The monoisotopic (exact) mass is 342 g/mol. The number of nitrogens with one attached hydrogen (secondary N) is 1. The first-order valence-electron chi connectivity index (χ1n) is 7.38. The van der Waals surface area contributed by atoms with Gasteiger partial charge >= 0.3 is 0 Å². The predicted molar refractivity (Wildman–Crippen MR) is 84.4 cm³/mol. The fourth-order valence-electron chi connectivity index (χ4n) is 2.22. The Bertz CT molecular complexity index is 649. The van der Waals surface area contributed by atoms with Gasteiger partial charge in [0, 0.05) is 19.6 Å². The van der Waals surface area contributed by atoms with Crippen molar-refractivity contribution in [3.8, 4) is 0 Å². The lowest BCUT2D eigenvalue weighted by molar-refractivity contribution is -0.152. The van der Waals surface area contributed by atoms with Crippen LogP contribution in [0.25, 0.3) is 0 Å². The number of sulfonamides is 1. The number of nitrogens with zero attached hydrogens (tertiary/aromatic N) is 1. The Labute approximate surface area is 136 Å². The maximum absolute atomic E-state index is 12.3. The van der Waals surface area contributed by atoms with Crippen LogP contribution in [0.2, 0.25) is 0 Å². The van der Waals surface area contributed by atoms with Crippen molar-refractivity contribution in [3.05, 3.63) is 29.8 Å². The zero-order chi connectivity index (χ0) is 17.1. The Morgan fingerprint density at radius 3 is 2.43 bits per heavy atom. The molecule has 8 heteroatoms. The van der Waals surface area contributed by atoms with Crippen LogP contribution in [0.1, 0.15) is 12.5 Å². The van der Waals surface area contributed by atoms with Gasteiger partial charge in [0.25, 0.3) is 5.91 Å². The Morgan fingerprint density at radius 1 is 1.30 bits per heavy atom. The number of carbonyl (C=O) groups is 1. The SMILES string of the molecule is Cc1ccc(S(=O)(=O)NCC(C)(O)C(=O)N2CCOCC2)cc1. The highest BCUT2D eigenvalue weighted by atomic mass is 32.2. The van der Waals surface area contributed by atoms with Gasteiger partial charge in [-0.15, -0.1) is 0 Å². The Kier molecular flexibility index (Phi) is 5.41. The molecule has 2 rings (SSSR count). The summed E-state index contributed by atoms with van der Waals surface area (Å²) in [6.07, 6.45) is 0. The first-order chi connectivity index (χ1) is 10.7. The summed E-state index contributed by atoms with van der Waals surface area (Å²) in [5, 5.41) is 10.3. The average molecular weight is 342 g/mol. The van der Waals surface area contributed by atoms with Crippen molar-refractivity contribution in [1.29, 1.82) is 0 Å².